The summed E-state index contributed by atoms with van der Waals surface area (Å²) in [7, 11) is 0. The van der Waals surface area contributed by atoms with E-state index in [1.165, 1.54) is 32.1 Å². The summed E-state index contributed by atoms with van der Waals surface area (Å²) in [6, 6.07) is -0.323. The third kappa shape index (κ3) is 29.8. The summed E-state index contributed by atoms with van der Waals surface area (Å²) < 4.78 is 9.58. The van der Waals surface area contributed by atoms with E-state index in [-0.39, 0.29) is 29.7 Å². The van der Waals surface area contributed by atoms with Crippen LogP contribution < -0.4 is 27.4 Å². The molecule has 2 aromatic rings. The van der Waals surface area contributed by atoms with E-state index < -0.39 is 0 Å². The van der Waals surface area contributed by atoms with Crippen LogP contribution in [0.2, 0.25) is 0 Å². The van der Waals surface area contributed by atoms with Crippen LogP contribution in [0.1, 0.15) is 166 Å². The summed E-state index contributed by atoms with van der Waals surface area (Å²) in [5, 5.41) is 26.3. The van der Waals surface area contributed by atoms with E-state index in [2.05, 4.69) is 61.8 Å². The SMILES string of the molecule is CC(=O)NC[C@@H](CS)CCCCCCCCCN[C@@H](CCCCn1cc(COCc2cn(CCCC[C@@H](CCCCCC(N)=O)CCC[C@H](CS)CNC(C)=O)nn2)nn1)C(N)=O. The largest absolute Gasteiger partial charge is 0.370 e. The van der Waals surface area contributed by atoms with E-state index in [1.807, 2.05) is 21.8 Å². The lowest BCUT2D eigenvalue weighted by Crippen LogP contribution is -2.41. The highest BCUT2D eigenvalue weighted by molar-refractivity contribution is 7.80. The number of aromatic nitrogens is 6. The maximum atomic E-state index is 12.1. The summed E-state index contributed by atoms with van der Waals surface area (Å²) in [4.78, 5) is 45.7. The Morgan fingerprint density at radius 2 is 1.05 bits per heavy atom. The van der Waals surface area contributed by atoms with Gasteiger partial charge in [0.2, 0.25) is 23.6 Å². The summed E-state index contributed by atoms with van der Waals surface area (Å²) in [5.74, 6) is 2.50. The van der Waals surface area contributed by atoms with E-state index >= 15 is 0 Å². The third-order valence-corrected chi connectivity index (χ3v) is 12.7. The molecule has 63 heavy (non-hydrogen) atoms. The Morgan fingerprint density at radius 1 is 0.603 bits per heavy atom. The Hall–Kier alpha value is -3.22. The molecule has 7 N–H and O–H groups in total. The molecule has 0 aliphatic carbocycles. The van der Waals surface area contributed by atoms with Crippen LogP contribution in [0, 0.1) is 17.8 Å². The van der Waals surface area contributed by atoms with Gasteiger partial charge in [0.25, 0.3) is 0 Å². The quantitative estimate of drug-likeness (QED) is 0.0300. The highest BCUT2D eigenvalue weighted by Crippen LogP contribution is 2.25. The molecule has 2 heterocycles. The number of aryl methyl sites for hydroxylation is 2. The van der Waals surface area contributed by atoms with Crippen molar-refractivity contribution in [3.05, 3.63) is 23.8 Å². The van der Waals surface area contributed by atoms with Crippen molar-refractivity contribution in [2.24, 2.45) is 29.2 Å². The molecule has 0 aromatic carbocycles. The molecule has 360 valence electrons. The van der Waals surface area contributed by atoms with Crippen molar-refractivity contribution in [3.8, 4) is 0 Å². The second-order valence-electron chi connectivity index (χ2n) is 17.4. The van der Waals surface area contributed by atoms with E-state index in [1.54, 1.807) is 13.8 Å². The van der Waals surface area contributed by atoms with Crippen LogP contribution in [-0.2, 0) is 50.2 Å². The first kappa shape index (κ1) is 55.9. The van der Waals surface area contributed by atoms with E-state index in [0.29, 0.717) is 63.4 Å². The minimum Gasteiger partial charge on any atom is -0.370 e. The number of ether oxygens (including phenoxy) is 1. The van der Waals surface area contributed by atoms with Gasteiger partial charge in [-0.15, -0.1) is 10.2 Å². The molecule has 16 nitrogen and oxygen atoms in total. The van der Waals surface area contributed by atoms with E-state index in [9.17, 15) is 19.2 Å². The van der Waals surface area contributed by atoms with Crippen molar-refractivity contribution >= 4 is 48.9 Å². The monoisotopic (exact) mass is 922 g/mol. The third-order valence-electron chi connectivity index (χ3n) is 11.6. The van der Waals surface area contributed by atoms with Crippen molar-refractivity contribution in [3.63, 3.8) is 0 Å². The number of hydrogen-bond donors (Lipinski definition) is 7. The molecule has 0 bridgehead atoms. The number of nitrogens with zero attached hydrogens (tertiary/aromatic N) is 6. The molecular formula is C45H83N11O5S2. The lowest BCUT2D eigenvalue weighted by Gasteiger charge is -2.19. The Kier molecular flexibility index (Phi) is 32.0. The molecule has 0 saturated carbocycles. The summed E-state index contributed by atoms with van der Waals surface area (Å²) >= 11 is 8.91. The van der Waals surface area contributed by atoms with Gasteiger partial charge >= 0.3 is 0 Å². The lowest BCUT2D eigenvalue weighted by atomic mass is 9.89. The molecule has 0 unspecified atom stereocenters. The minimum absolute atomic E-state index is 0.00210. The van der Waals surface area contributed by atoms with Gasteiger partial charge in [0.05, 0.1) is 31.6 Å². The van der Waals surface area contributed by atoms with Gasteiger partial charge in [-0.25, -0.2) is 0 Å². The van der Waals surface area contributed by atoms with Gasteiger partial charge in [-0.3, -0.25) is 28.5 Å². The van der Waals surface area contributed by atoms with Gasteiger partial charge in [0, 0.05) is 46.4 Å². The molecule has 4 atom stereocenters. The highest BCUT2D eigenvalue weighted by Gasteiger charge is 2.15. The highest BCUT2D eigenvalue weighted by atomic mass is 32.1. The van der Waals surface area contributed by atoms with Crippen LogP contribution in [0.3, 0.4) is 0 Å². The second-order valence-corrected chi connectivity index (χ2v) is 18.2. The van der Waals surface area contributed by atoms with Crippen molar-refractivity contribution in [2.75, 3.05) is 31.1 Å². The standard InChI is InChI=1S/C45H83N11O5S2/c1-36(57)49-28-39(34-62)20-9-6-4-3-5-7-14-25-48-43(45(47)60)23-13-16-27-56-31-42(52-54-56)33-61-32-41-30-55(53-51-41)26-15-12-19-38(18-10-8-11-24-44(46)59)21-17-22-40(35-63)29-50-37(2)58/h30-31,38-40,43,48,62-63H,3-29,32-35H2,1-2H3,(H2,46,59)(H2,47,60)(H,49,57)(H,50,58)/t38-,39+,40+,43+/m1/s1. The number of carbonyl (C=O) groups is 4. The molecule has 0 aliphatic rings. The lowest BCUT2D eigenvalue weighted by molar-refractivity contribution is -0.120. The molecule has 2 aromatic heterocycles. The van der Waals surface area contributed by atoms with Crippen molar-refractivity contribution in [2.45, 2.75) is 187 Å². The predicted octanol–water partition coefficient (Wildman–Crippen LogP) is 6.08. The molecule has 4 amide bonds. The molecule has 0 aliphatic heterocycles. The van der Waals surface area contributed by atoms with Crippen LogP contribution in [0.5, 0.6) is 0 Å². The normalized spacial score (nSPS) is 13.4. The Labute approximate surface area is 388 Å². The molecule has 0 spiro atoms. The Bertz CT molecular complexity index is 1510. The fourth-order valence-corrected chi connectivity index (χ4v) is 8.43. The fraction of sp³-hybridized carbons (Fsp3) is 0.822. The van der Waals surface area contributed by atoms with Crippen LogP contribution in [0.15, 0.2) is 12.4 Å². The van der Waals surface area contributed by atoms with Crippen LogP contribution >= 0.6 is 25.3 Å². The first-order valence-electron chi connectivity index (χ1n) is 23.9. The number of hydrogen-bond acceptors (Lipinski definition) is 12. The van der Waals surface area contributed by atoms with E-state index in [4.69, 9.17) is 16.2 Å². The molecule has 2 rings (SSSR count). The first-order valence-corrected chi connectivity index (χ1v) is 25.1. The van der Waals surface area contributed by atoms with Gasteiger partial charge in [0.1, 0.15) is 11.4 Å². The van der Waals surface area contributed by atoms with Gasteiger partial charge in [-0.1, -0.05) is 93.9 Å². The number of carbonyl (C=O) groups excluding carboxylic acids is 4. The van der Waals surface area contributed by atoms with Gasteiger partial charge in [0.15, 0.2) is 0 Å². The number of thiol groups is 2. The van der Waals surface area contributed by atoms with Crippen LogP contribution in [-0.4, -0.2) is 90.8 Å². The average molecular weight is 922 g/mol. The average Bonchev–Trinajstić information content (AvgIpc) is 3.91. The molecule has 0 radical (unpaired) electrons. The summed E-state index contributed by atoms with van der Waals surface area (Å²) in [5.41, 5.74) is 12.5. The van der Waals surface area contributed by atoms with Crippen molar-refractivity contribution in [1.29, 1.82) is 0 Å². The minimum atomic E-state index is -0.323. The van der Waals surface area contributed by atoms with Gasteiger partial charge in [-0.05, 0) is 87.2 Å². The number of nitrogens with one attached hydrogen (secondary N) is 3. The smallest absolute Gasteiger partial charge is 0.234 e. The molecule has 0 fully saturated rings. The maximum absolute atomic E-state index is 12.1. The van der Waals surface area contributed by atoms with Gasteiger partial charge < -0.3 is 32.2 Å². The Balaban J connectivity index is 1.58. The maximum Gasteiger partial charge on any atom is 0.234 e. The predicted molar refractivity (Wildman–Crippen MR) is 256 cm³/mol. The second kappa shape index (κ2) is 36.1. The first-order chi connectivity index (χ1) is 30.5. The Morgan fingerprint density at radius 3 is 1.56 bits per heavy atom. The number of rotatable bonds is 42. The number of primary amides is 2. The van der Waals surface area contributed by atoms with Crippen LogP contribution in [0.4, 0.5) is 0 Å². The number of nitrogens with two attached hydrogens (primary N) is 2. The topological polar surface area (TPSA) is 227 Å². The zero-order valence-electron chi connectivity index (χ0n) is 38.7. The number of amides is 4. The molecule has 0 saturated heterocycles. The van der Waals surface area contributed by atoms with Crippen molar-refractivity contribution < 1.29 is 23.9 Å². The van der Waals surface area contributed by atoms with E-state index in [0.717, 1.165) is 132 Å². The zero-order valence-corrected chi connectivity index (χ0v) is 40.4. The summed E-state index contributed by atoms with van der Waals surface area (Å²) in [6.45, 7) is 7.44. The van der Waals surface area contributed by atoms with Gasteiger partial charge in [-0.2, -0.15) is 25.3 Å². The molecule has 18 heteroatoms. The van der Waals surface area contributed by atoms with Crippen molar-refractivity contribution in [1.82, 2.24) is 45.9 Å². The number of unbranched alkanes of at least 4 members (excludes halogenated alkanes) is 10. The summed E-state index contributed by atoms with van der Waals surface area (Å²) in [6.07, 6.45) is 26.7. The van der Waals surface area contributed by atoms with Crippen LogP contribution in [0.25, 0.3) is 0 Å². The fourth-order valence-electron chi connectivity index (χ4n) is 7.81. The molecular weight excluding hydrogens is 839 g/mol. The zero-order chi connectivity index (χ0) is 45.9.